The highest BCUT2D eigenvalue weighted by molar-refractivity contribution is 7.00. The van der Waals surface area contributed by atoms with Gasteiger partial charge >= 0.3 is 0 Å². The van der Waals surface area contributed by atoms with Crippen molar-refractivity contribution in [3.63, 3.8) is 0 Å². The van der Waals surface area contributed by atoms with E-state index in [2.05, 4.69) is 162 Å². The molecule has 0 saturated heterocycles. The molecule has 8 aromatic rings. The van der Waals surface area contributed by atoms with Gasteiger partial charge < -0.3 is 18.8 Å². The van der Waals surface area contributed by atoms with E-state index in [-0.39, 0.29) is 17.7 Å². The first kappa shape index (κ1) is 28.1. The number of hydrogen-bond acceptors (Lipinski definition) is 3. The van der Waals surface area contributed by atoms with Crippen molar-refractivity contribution >= 4 is 84.5 Å². The summed E-state index contributed by atoms with van der Waals surface area (Å²) in [6, 6.07) is 49.0. The van der Waals surface area contributed by atoms with Crippen LogP contribution in [0.3, 0.4) is 0 Å². The fraction of sp³-hybridized carbons (Fsp3) is 0.174. The lowest BCUT2D eigenvalue weighted by atomic mass is 9.36. The normalized spacial score (nSPS) is 20.9. The van der Waals surface area contributed by atoms with E-state index in [1.54, 1.807) is 0 Å². The first-order valence-electron chi connectivity index (χ1n) is 18.5. The van der Waals surface area contributed by atoms with E-state index in [1.165, 1.54) is 81.0 Å². The minimum atomic E-state index is 0.00395. The van der Waals surface area contributed by atoms with E-state index in [1.807, 2.05) is 0 Å². The number of para-hydroxylation sites is 4. The van der Waals surface area contributed by atoms with E-state index < -0.39 is 0 Å². The molecule has 1 fully saturated rings. The SMILES string of the molecule is CC12CCCCC1(C)N1c3ccccc3B3c4oc5ccc(N(c6ccccc6)c6ccccc6)cc5c4-n4c5ccccc5c5cc2c1c3c54. The van der Waals surface area contributed by atoms with Crippen LogP contribution in [0.2, 0.25) is 0 Å². The Hall–Kier alpha value is -5.68. The van der Waals surface area contributed by atoms with Crippen molar-refractivity contribution in [2.24, 2.45) is 0 Å². The van der Waals surface area contributed by atoms with E-state index in [4.69, 9.17) is 4.42 Å². The Morgan fingerprint density at radius 3 is 2.16 bits per heavy atom. The smallest absolute Gasteiger partial charge is 0.297 e. The Kier molecular flexibility index (Phi) is 5.26. The van der Waals surface area contributed by atoms with Gasteiger partial charge in [0.1, 0.15) is 5.58 Å². The third kappa shape index (κ3) is 3.29. The van der Waals surface area contributed by atoms with E-state index in [9.17, 15) is 0 Å². The van der Waals surface area contributed by atoms with Crippen LogP contribution < -0.4 is 26.4 Å². The number of benzene rings is 6. The minimum absolute atomic E-state index is 0.00395. The zero-order chi connectivity index (χ0) is 33.6. The average molecular weight is 658 g/mol. The highest BCUT2D eigenvalue weighted by Crippen LogP contribution is 2.62. The molecule has 1 aliphatic carbocycles. The standard InChI is InChI=1S/C46H36BN3O/c1-45-25-13-14-26-46(45,2)50-38-22-12-10-20-36(38)47-40-41-33(28-35(45)43(40)50)32-19-9-11-21-37(32)49(41)42-34-27-31(23-24-39(34)51-44(42)47)48(29-15-5-3-6-16-29)30-17-7-4-8-18-30/h3-12,15-24,27-28H,13-14,25-26H2,1-2H3. The van der Waals surface area contributed by atoms with Gasteiger partial charge in [-0.2, -0.15) is 0 Å². The molecule has 4 aliphatic rings. The van der Waals surface area contributed by atoms with Crippen molar-refractivity contribution in [1.29, 1.82) is 0 Å². The van der Waals surface area contributed by atoms with Gasteiger partial charge in [0.05, 0.1) is 27.9 Å². The molecule has 12 rings (SSSR count). The van der Waals surface area contributed by atoms with Crippen molar-refractivity contribution in [3.8, 4) is 5.69 Å². The first-order chi connectivity index (χ1) is 25.1. The highest BCUT2D eigenvalue weighted by Gasteiger charge is 2.62. The Morgan fingerprint density at radius 1 is 0.647 bits per heavy atom. The Morgan fingerprint density at radius 2 is 1.35 bits per heavy atom. The summed E-state index contributed by atoms with van der Waals surface area (Å²) in [5.74, 6) is 0. The molecule has 2 aromatic heterocycles. The maximum Gasteiger partial charge on any atom is 0.297 e. The van der Waals surface area contributed by atoms with Crippen LogP contribution in [-0.4, -0.2) is 16.8 Å². The third-order valence-corrected chi connectivity index (χ3v) is 13.3. The number of hydrogen-bond donors (Lipinski definition) is 0. The first-order valence-corrected chi connectivity index (χ1v) is 18.5. The van der Waals surface area contributed by atoms with Crippen molar-refractivity contribution < 1.29 is 4.42 Å². The summed E-state index contributed by atoms with van der Waals surface area (Å²) in [5, 5.41) is 3.82. The molecule has 6 aromatic carbocycles. The zero-order valence-electron chi connectivity index (χ0n) is 28.9. The molecule has 0 radical (unpaired) electrons. The van der Waals surface area contributed by atoms with Crippen LogP contribution >= 0.6 is 0 Å². The lowest BCUT2D eigenvalue weighted by Gasteiger charge is -2.51. The largest absolute Gasteiger partial charge is 0.468 e. The van der Waals surface area contributed by atoms with Gasteiger partial charge in [0.2, 0.25) is 0 Å². The summed E-state index contributed by atoms with van der Waals surface area (Å²) in [6.07, 6.45) is 4.95. The van der Waals surface area contributed by atoms with Gasteiger partial charge in [-0.15, -0.1) is 0 Å². The molecular weight excluding hydrogens is 621 g/mol. The number of anilines is 5. The molecule has 0 bridgehead atoms. The summed E-state index contributed by atoms with van der Waals surface area (Å²) in [4.78, 5) is 5.14. The van der Waals surface area contributed by atoms with Crippen LogP contribution in [0.4, 0.5) is 28.4 Å². The summed E-state index contributed by atoms with van der Waals surface area (Å²) < 4.78 is 9.76. The monoisotopic (exact) mass is 657 g/mol. The Bertz CT molecular complexity index is 2730. The van der Waals surface area contributed by atoms with Crippen molar-refractivity contribution in [2.75, 3.05) is 9.80 Å². The number of furan rings is 1. The molecule has 0 N–H and O–H groups in total. The van der Waals surface area contributed by atoms with Gasteiger partial charge in [-0.05, 0) is 96.9 Å². The zero-order valence-corrected chi connectivity index (χ0v) is 28.9. The summed E-state index contributed by atoms with van der Waals surface area (Å²) >= 11 is 0. The molecule has 5 heteroatoms. The minimum Gasteiger partial charge on any atom is -0.468 e. The molecule has 4 nitrogen and oxygen atoms in total. The van der Waals surface area contributed by atoms with Gasteiger partial charge in [0.15, 0.2) is 0 Å². The van der Waals surface area contributed by atoms with Gasteiger partial charge in [-0.25, -0.2) is 0 Å². The van der Waals surface area contributed by atoms with Crippen LogP contribution in [0.15, 0.2) is 138 Å². The lowest BCUT2D eigenvalue weighted by molar-refractivity contribution is 0.195. The van der Waals surface area contributed by atoms with Gasteiger partial charge in [-0.3, -0.25) is 0 Å². The van der Waals surface area contributed by atoms with Crippen LogP contribution in [0.25, 0.3) is 38.5 Å². The fourth-order valence-corrected chi connectivity index (χ4v) is 10.8. The predicted octanol–water partition coefficient (Wildman–Crippen LogP) is 9.88. The maximum atomic E-state index is 7.20. The number of nitrogens with zero attached hydrogens (tertiary/aromatic N) is 3. The molecule has 2 atom stereocenters. The van der Waals surface area contributed by atoms with Crippen LogP contribution in [-0.2, 0) is 5.41 Å². The van der Waals surface area contributed by atoms with E-state index in [0.29, 0.717) is 0 Å². The number of fused-ring (bicyclic) bond motifs is 14. The topological polar surface area (TPSA) is 24.6 Å². The Balaban J connectivity index is 1.22. The quantitative estimate of drug-likeness (QED) is 0.177. The second-order valence-electron chi connectivity index (χ2n) is 15.6. The van der Waals surface area contributed by atoms with Crippen molar-refractivity contribution in [1.82, 2.24) is 4.57 Å². The van der Waals surface area contributed by atoms with Gasteiger partial charge in [0, 0.05) is 50.0 Å². The predicted molar refractivity (Wildman–Crippen MR) is 213 cm³/mol. The van der Waals surface area contributed by atoms with E-state index >= 15 is 0 Å². The lowest BCUT2D eigenvalue weighted by Crippen LogP contribution is -2.63. The molecule has 244 valence electrons. The third-order valence-electron chi connectivity index (χ3n) is 13.3. The van der Waals surface area contributed by atoms with Crippen LogP contribution in [0.5, 0.6) is 0 Å². The number of aromatic nitrogens is 1. The Labute approximate surface area is 297 Å². The van der Waals surface area contributed by atoms with Crippen LogP contribution in [0, 0.1) is 0 Å². The molecule has 3 aliphatic heterocycles. The second kappa shape index (κ2) is 9.55. The van der Waals surface area contributed by atoms with Gasteiger partial charge in [0.25, 0.3) is 6.71 Å². The van der Waals surface area contributed by atoms with Crippen molar-refractivity contribution in [3.05, 3.63) is 139 Å². The fourth-order valence-electron chi connectivity index (χ4n) is 10.8. The number of rotatable bonds is 3. The molecule has 51 heavy (non-hydrogen) atoms. The molecule has 0 amide bonds. The molecule has 2 unspecified atom stereocenters. The molecular formula is C46H36BN3O. The summed E-state index contributed by atoms with van der Waals surface area (Å²) in [7, 11) is 0. The van der Waals surface area contributed by atoms with E-state index in [0.717, 1.165) is 33.7 Å². The maximum absolute atomic E-state index is 7.20. The summed E-state index contributed by atoms with van der Waals surface area (Å²) in [5.41, 5.74) is 16.2. The molecule has 0 spiro atoms. The van der Waals surface area contributed by atoms with Crippen molar-refractivity contribution in [2.45, 2.75) is 50.5 Å². The molecule has 5 heterocycles. The van der Waals surface area contributed by atoms with Gasteiger partial charge in [-0.1, -0.05) is 92.6 Å². The average Bonchev–Trinajstić information content (AvgIpc) is 3.78. The highest BCUT2D eigenvalue weighted by atomic mass is 16.3. The second-order valence-corrected chi connectivity index (χ2v) is 15.6. The van der Waals surface area contributed by atoms with Crippen LogP contribution in [0.1, 0.15) is 45.1 Å². The molecule has 1 saturated carbocycles. The summed E-state index contributed by atoms with van der Waals surface area (Å²) in [6.45, 7) is 5.12.